The second kappa shape index (κ2) is 9.22. The topological polar surface area (TPSA) is 144 Å². The lowest BCUT2D eigenvalue weighted by Gasteiger charge is -2.11. The maximum atomic E-state index is 15.3. The molecular weight excluding hydrogens is 431 g/mol. The highest BCUT2D eigenvalue weighted by atomic mass is 19.1. The molecule has 1 aliphatic heterocycles. The number of nitrogen functional groups attached to an aromatic ring is 1. The molecule has 1 aliphatic rings. The number of hydrogen-bond acceptors (Lipinski definition) is 10. The SMILES string of the molecule is CCOC(=O)C=C1NN=C(c2cccc(-c3nc(N)nc(Nc4cccc(O)c4)c3F)c2)O1. The summed E-state index contributed by atoms with van der Waals surface area (Å²) >= 11 is 0. The Morgan fingerprint density at radius 1 is 1.24 bits per heavy atom. The second-order valence-electron chi connectivity index (χ2n) is 6.74. The van der Waals surface area contributed by atoms with Gasteiger partial charge in [0.2, 0.25) is 17.7 Å². The van der Waals surface area contributed by atoms with Crippen LogP contribution >= 0.6 is 0 Å². The van der Waals surface area contributed by atoms with Crippen molar-refractivity contribution in [1.29, 1.82) is 0 Å². The summed E-state index contributed by atoms with van der Waals surface area (Å²) in [5.74, 6) is -1.32. The van der Waals surface area contributed by atoms with E-state index in [2.05, 4.69) is 25.8 Å². The quantitative estimate of drug-likeness (QED) is 0.329. The maximum absolute atomic E-state index is 15.3. The number of esters is 1. The molecule has 2 heterocycles. The van der Waals surface area contributed by atoms with Crippen molar-refractivity contribution < 1.29 is 23.8 Å². The Kier molecular flexibility index (Phi) is 6.02. The van der Waals surface area contributed by atoms with Gasteiger partial charge in [0.15, 0.2) is 11.6 Å². The number of nitrogens with two attached hydrogens (primary N) is 1. The number of carbonyl (C=O) groups excluding carboxylic acids is 1. The first kappa shape index (κ1) is 21.6. The molecule has 2 aromatic carbocycles. The number of carbonyl (C=O) groups is 1. The number of aromatic nitrogens is 2. The number of ether oxygens (including phenoxy) is 2. The van der Waals surface area contributed by atoms with Crippen LogP contribution in [0.4, 0.5) is 21.8 Å². The van der Waals surface area contributed by atoms with Crippen LogP contribution in [0.1, 0.15) is 12.5 Å². The van der Waals surface area contributed by atoms with Gasteiger partial charge in [0, 0.05) is 22.9 Å². The zero-order valence-corrected chi connectivity index (χ0v) is 17.4. The predicted molar refractivity (Wildman–Crippen MR) is 119 cm³/mol. The zero-order chi connectivity index (χ0) is 23.4. The fraction of sp³-hybridized carbons (Fsp3) is 0.0909. The Balaban J connectivity index is 1.61. The predicted octanol–water partition coefficient (Wildman–Crippen LogP) is 3.00. The van der Waals surface area contributed by atoms with E-state index in [4.69, 9.17) is 15.2 Å². The summed E-state index contributed by atoms with van der Waals surface area (Å²) in [7, 11) is 0. The summed E-state index contributed by atoms with van der Waals surface area (Å²) in [5, 5.41) is 16.5. The molecule has 1 aromatic heterocycles. The van der Waals surface area contributed by atoms with E-state index >= 15 is 4.39 Å². The number of hydrogen-bond donors (Lipinski definition) is 4. The highest BCUT2D eigenvalue weighted by Gasteiger charge is 2.20. The largest absolute Gasteiger partial charge is 0.508 e. The number of phenols is 1. The van der Waals surface area contributed by atoms with Crippen molar-refractivity contribution in [2.45, 2.75) is 6.92 Å². The van der Waals surface area contributed by atoms with E-state index in [-0.39, 0.29) is 41.6 Å². The number of nitrogens with zero attached hydrogens (tertiary/aromatic N) is 3. The first-order chi connectivity index (χ1) is 15.9. The number of benzene rings is 2. The minimum Gasteiger partial charge on any atom is -0.508 e. The Bertz CT molecular complexity index is 1280. The summed E-state index contributed by atoms with van der Waals surface area (Å²) in [6, 6.07) is 12.8. The van der Waals surface area contributed by atoms with Crippen molar-refractivity contribution in [2.75, 3.05) is 17.7 Å². The van der Waals surface area contributed by atoms with Gasteiger partial charge in [-0.2, -0.15) is 4.98 Å². The number of hydrazone groups is 1. The third kappa shape index (κ3) is 4.98. The smallest absolute Gasteiger partial charge is 0.336 e. The molecule has 33 heavy (non-hydrogen) atoms. The summed E-state index contributed by atoms with van der Waals surface area (Å²) in [5.41, 5.74) is 9.69. The number of phenolic OH excluding ortho intramolecular Hbond substituents is 1. The third-order valence-electron chi connectivity index (χ3n) is 4.37. The van der Waals surface area contributed by atoms with E-state index in [1.165, 1.54) is 12.1 Å². The Hall–Kier alpha value is -4.67. The molecule has 0 radical (unpaired) electrons. The average Bonchev–Trinajstić information content (AvgIpc) is 3.25. The monoisotopic (exact) mass is 450 g/mol. The van der Waals surface area contributed by atoms with Crippen LogP contribution in [0.15, 0.2) is 65.6 Å². The molecule has 0 unspecified atom stereocenters. The van der Waals surface area contributed by atoms with Gasteiger partial charge < -0.3 is 25.6 Å². The highest BCUT2D eigenvalue weighted by molar-refractivity contribution is 5.97. The summed E-state index contributed by atoms with van der Waals surface area (Å²) in [6.07, 6.45) is 1.13. The van der Waals surface area contributed by atoms with Crippen LogP contribution in [0, 0.1) is 5.82 Å². The van der Waals surface area contributed by atoms with Crippen molar-refractivity contribution in [1.82, 2.24) is 15.4 Å². The minimum absolute atomic E-state index is 0.0117. The normalized spacial score (nSPS) is 13.8. The molecule has 11 heteroatoms. The van der Waals surface area contributed by atoms with E-state index in [0.29, 0.717) is 16.8 Å². The highest BCUT2D eigenvalue weighted by Crippen LogP contribution is 2.29. The van der Waals surface area contributed by atoms with Crippen LogP contribution in [0.25, 0.3) is 11.3 Å². The molecule has 10 nitrogen and oxygen atoms in total. The molecular formula is C22H19FN6O4. The van der Waals surface area contributed by atoms with E-state index in [1.807, 2.05) is 0 Å². The lowest BCUT2D eigenvalue weighted by atomic mass is 10.1. The van der Waals surface area contributed by atoms with Gasteiger partial charge in [-0.1, -0.05) is 18.2 Å². The summed E-state index contributed by atoms with van der Waals surface area (Å²) in [6.45, 7) is 1.92. The van der Waals surface area contributed by atoms with Gasteiger partial charge in [-0.15, -0.1) is 5.10 Å². The van der Waals surface area contributed by atoms with Gasteiger partial charge in [0.05, 0.1) is 12.7 Å². The van der Waals surface area contributed by atoms with Gasteiger partial charge in [-0.25, -0.2) is 19.6 Å². The van der Waals surface area contributed by atoms with Gasteiger partial charge in [-0.05, 0) is 31.2 Å². The molecule has 0 atom stereocenters. The van der Waals surface area contributed by atoms with E-state index in [0.717, 1.165) is 6.08 Å². The Labute approximate surface area is 187 Å². The number of nitrogens with one attached hydrogen (secondary N) is 2. The zero-order valence-electron chi connectivity index (χ0n) is 17.4. The van der Waals surface area contributed by atoms with Gasteiger partial charge in [0.25, 0.3) is 0 Å². The van der Waals surface area contributed by atoms with Crippen LogP contribution < -0.4 is 16.5 Å². The molecule has 4 rings (SSSR count). The first-order valence-corrected chi connectivity index (χ1v) is 9.83. The van der Waals surface area contributed by atoms with E-state index < -0.39 is 11.8 Å². The number of aromatic hydroxyl groups is 1. The standard InChI is InChI=1S/C22H19FN6O4/c1-2-32-17(31)11-16-28-29-21(33-16)13-6-3-5-12(9-13)19-18(23)20(27-22(24)26-19)25-14-7-4-8-15(30)10-14/h3-11,28,30H,2H2,1H3,(H3,24,25,26,27). The average molecular weight is 450 g/mol. The number of rotatable bonds is 6. The van der Waals surface area contributed by atoms with Crippen molar-refractivity contribution in [3.05, 3.63) is 71.9 Å². The molecule has 0 saturated heterocycles. The van der Waals surface area contributed by atoms with Crippen molar-refractivity contribution in [3.8, 4) is 17.0 Å². The molecule has 168 valence electrons. The van der Waals surface area contributed by atoms with Crippen molar-refractivity contribution in [3.63, 3.8) is 0 Å². The van der Waals surface area contributed by atoms with Crippen LogP contribution in [0.3, 0.4) is 0 Å². The summed E-state index contributed by atoms with van der Waals surface area (Å²) < 4.78 is 25.6. The second-order valence-corrected chi connectivity index (χ2v) is 6.74. The molecule has 0 aliphatic carbocycles. The van der Waals surface area contributed by atoms with Gasteiger partial charge in [0.1, 0.15) is 11.4 Å². The molecule has 5 N–H and O–H groups in total. The molecule has 3 aromatic rings. The number of halogens is 1. The fourth-order valence-corrected chi connectivity index (χ4v) is 2.99. The molecule has 0 fully saturated rings. The molecule has 0 saturated carbocycles. The van der Waals surface area contributed by atoms with Crippen molar-refractivity contribution in [2.24, 2.45) is 5.10 Å². The minimum atomic E-state index is -0.736. The lowest BCUT2D eigenvalue weighted by molar-refractivity contribution is -0.137. The first-order valence-electron chi connectivity index (χ1n) is 9.83. The lowest BCUT2D eigenvalue weighted by Crippen LogP contribution is -2.08. The number of anilines is 3. The maximum Gasteiger partial charge on any atom is 0.336 e. The summed E-state index contributed by atoms with van der Waals surface area (Å²) in [4.78, 5) is 19.5. The molecule has 0 amide bonds. The fourth-order valence-electron chi connectivity index (χ4n) is 2.99. The van der Waals surface area contributed by atoms with Crippen molar-refractivity contribution >= 4 is 29.3 Å². The third-order valence-corrected chi connectivity index (χ3v) is 4.37. The van der Waals surface area contributed by atoms with Crippen LogP contribution in [0.5, 0.6) is 5.75 Å². The van der Waals surface area contributed by atoms with Gasteiger partial charge >= 0.3 is 5.97 Å². The van der Waals surface area contributed by atoms with Crippen LogP contribution in [-0.2, 0) is 14.3 Å². The van der Waals surface area contributed by atoms with Gasteiger partial charge in [-0.3, -0.25) is 0 Å². The van der Waals surface area contributed by atoms with E-state index in [9.17, 15) is 9.90 Å². The molecule has 0 spiro atoms. The van der Waals surface area contributed by atoms with Crippen LogP contribution in [0.2, 0.25) is 0 Å². The van der Waals surface area contributed by atoms with E-state index in [1.54, 1.807) is 43.3 Å². The Morgan fingerprint density at radius 2 is 2.03 bits per heavy atom. The van der Waals surface area contributed by atoms with Crippen LogP contribution in [-0.4, -0.2) is 33.5 Å². The Morgan fingerprint density at radius 3 is 2.82 bits per heavy atom. The molecule has 0 bridgehead atoms.